The Labute approximate surface area is 198 Å². The first-order chi connectivity index (χ1) is 15.4. The summed E-state index contributed by atoms with van der Waals surface area (Å²) in [5, 5.41) is 1.97. The molecule has 1 fully saturated rings. The Hall–Kier alpha value is -1.41. The van der Waals surface area contributed by atoms with Gasteiger partial charge >= 0.3 is 0 Å². The molecule has 0 radical (unpaired) electrons. The molecule has 2 heterocycles. The largest absolute Gasteiger partial charge is 0.330 e. The summed E-state index contributed by atoms with van der Waals surface area (Å²) in [6.07, 6.45) is 6.92. The van der Waals surface area contributed by atoms with E-state index in [4.69, 9.17) is 11.6 Å². The predicted molar refractivity (Wildman–Crippen MR) is 133 cm³/mol. The highest BCUT2D eigenvalue weighted by Gasteiger charge is 2.25. The second-order valence-corrected chi connectivity index (χ2v) is 11.0. The lowest BCUT2D eigenvalue weighted by atomic mass is 9.84. The molecular weight excluding hydrogens is 444 g/mol. The number of fused-ring (bicyclic) bond motifs is 1. The zero-order valence-corrected chi connectivity index (χ0v) is 20.8. The van der Waals surface area contributed by atoms with Gasteiger partial charge in [0.1, 0.15) is 16.1 Å². The van der Waals surface area contributed by atoms with E-state index >= 15 is 0 Å². The fourth-order valence-electron chi connectivity index (χ4n) is 5.00. The van der Waals surface area contributed by atoms with Gasteiger partial charge in [0.15, 0.2) is 0 Å². The first-order valence-corrected chi connectivity index (χ1v) is 13.5. The van der Waals surface area contributed by atoms with Crippen molar-refractivity contribution in [2.45, 2.75) is 51.0 Å². The summed E-state index contributed by atoms with van der Waals surface area (Å²) in [5.41, 5.74) is 2.79. The number of amides is 1. The van der Waals surface area contributed by atoms with Crippen molar-refractivity contribution in [2.24, 2.45) is 0 Å². The smallest absolute Gasteiger partial charge is 0.263 e. The zero-order chi connectivity index (χ0) is 22.7. The van der Waals surface area contributed by atoms with E-state index in [0.29, 0.717) is 17.2 Å². The van der Waals surface area contributed by atoms with E-state index in [2.05, 4.69) is 33.2 Å². The van der Waals surface area contributed by atoms with E-state index < -0.39 is 11.0 Å². The summed E-state index contributed by atoms with van der Waals surface area (Å²) in [6, 6.07) is 5.83. The molecule has 1 saturated carbocycles. The lowest BCUT2D eigenvalue weighted by Crippen LogP contribution is -2.34. The molecule has 2 aromatic rings. The number of halogens is 1. The van der Waals surface area contributed by atoms with Crippen LogP contribution < -0.4 is 4.72 Å². The molecule has 176 valence electrons. The maximum atomic E-state index is 12.8. The highest BCUT2D eigenvalue weighted by Crippen LogP contribution is 2.42. The van der Waals surface area contributed by atoms with Crippen molar-refractivity contribution < 1.29 is 9.00 Å². The molecule has 1 atom stereocenters. The van der Waals surface area contributed by atoms with Crippen LogP contribution in [0.15, 0.2) is 18.2 Å². The van der Waals surface area contributed by atoms with Crippen LogP contribution in [-0.4, -0.2) is 70.5 Å². The summed E-state index contributed by atoms with van der Waals surface area (Å²) in [4.78, 5) is 17.4. The van der Waals surface area contributed by atoms with Crippen molar-refractivity contribution >= 4 is 39.4 Å². The van der Waals surface area contributed by atoms with Crippen LogP contribution in [0.4, 0.5) is 0 Å². The van der Waals surface area contributed by atoms with Gasteiger partial charge in [-0.2, -0.15) is 0 Å². The molecule has 1 aliphatic carbocycles. The van der Waals surface area contributed by atoms with Crippen LogP contribution >= 0.6 is 11.6 Å². The highest BCUT2D eigenvalue weighted by molar-refractivity contribution is 7.83. The molecule has 0 spiro atoms. The second kappa shape index (κ2) is 10.7. The van der Waals surface area contributed by atoms with Gasteiger partial charge in [-0.15, -0.1) is 0 Å². The lowest BCUT2D eigenvalue weighted by Gasteiger charge is -2.23. The molecule has 1 aliphatic heterocycles. The van der Waals surface area contributed by atoms with Crippen molar-refractivity contribution in [3.63, 3.8) is 0 Å². The number of aromatic nitrogens is 1. The lowest BCUT2D eigenvalue weighted by molar-refractivity contribution is 0.0983. The molecule has 2 aliphatic rings. The first-order valence-electron chi connectivity index (χ1n) is 11.8. The Bertz CT molecular complexity index is 986. The molecule has 4 rings (SSSR count). The van der Waals surface area contributed by atoms with Gasteiger partial charge in [-0.3, -0.25) is 9.52 Å². The minimum atomic E-state index is -1.38. The van der Waals surface area contributed by atoms with E-state index in [9.17, 15) is 9.00 Å². The summed E-state index contributed by atoms with van der Waals surface area (Å²) in [7, 11) is 2.86. The van der Waals surface area contributed by atoms with Crippen LogP contribution in [0.5, 0.6) is 0 Å². The maximum absolute atomic E-state index is 12.8. The fraction of sp³-hybridized carbons (Fsp3) is 0.625. The third-order valence-electron chi connectivity index (χ3n) is 6.96. The highest BCUT2D eigenvalue weighted by atomic mass is 35.5. The molecule has 1 N–H and O–H groups in total. The van der Waals surface area contributed by atoms with Crippen molar-refractivity contribution in [3.8, 4) is 0 Å². The molecule has 6 nitrogen and oxygen atoms in total. The monoisotopic (exact) mass is 478 g/mol. The number of hydrogen-bond donors (Lipinski definition) is 1. The summed E-state index contributed by atoms with van der Waals surface area (Å²) >= 11 is 7.03. The molecule has 0 saturated heterocycles. The van der Waals surface area contributed by atoms with Gasteiger partial charge < -0.3 is 14.4 Å². The molecular formula is C24H35ClN4O2S. The molecule has 1 aromatic carbocycles. The summed E-state index contributed by atoms with van der Waals surface area (Å²) in [5.74, 6) is 0.654. The number of carbonyl (C=O) groups excluding carboxylic acids is 1. The van der Waals surface area contributed by atoms with Crippen molar-refractivity contribution in [3.05, 3.63) is 34.5 Å². The summed E-state index contributed by atoms with van der Waals surface area (Å²) < 4.78 is 17.3. The Morgan fingerprint density at radius 3 is 2.41 bits per heavy atom. The number of likely N-dealkylation sites (N-methyl/N-ethyl adjacent to an activating group) is 2. The predicted octanol–water partition coefficient (Wildman–Crippen LogP) is 4.00. The number of nitrogens with zero attached hydrogens (tertiary/aromatic N) is 3. The van der Waals surface area contributed by atoms with Gasteiger partial charge in [0.25, 0.3) is 5.91 Å². The van der Waals surface area contributed by atoms with Crippen LogP contribution in [-0.2, 0) is 17.5 Å². The van der Waals surface area contributed by atoms with Crippen LogP contribution in [0, 0.1) is 0 Å². The van der Waals surface area contributed by atoms with E-state index in [1.807, 2.05) is 18.2 Å². The topological polar surface area (TPSA) is 57.6 Å². The SMILES string of the molecule is CN1CCCS(=O)NC(=O)c2ccc3c(C4CCCCC4)c(Cl)n(c3c2)CCN(C)CC1. The third kappa shape index (κ3) is 5.38. The number of hydrogen-bond acceptors (Lipinski definition) is 4. The van der Waals surface area contributed by atoms with Gasteiger partial charge in [-0.25, -0.2) is 4.21 Å². The van der Waals surface area contributed by atoms with Crippen LogP contribution in [0.3, 0.4) is 0 Å². The molecule has 8 heteroatoms. The number of carbonyl (C=O) groups is 1. The standard InChI is InChI=1S/C24H35ClN4O2S/c1-27-11-6-16-32(31)26-24(30)19-9-10-20-21(17-19)29(15-14-28(2)13-12-27)23(25)22(20)18-7-4-3-5-8-18/h9-10,17-18H,3-8,11-16H2,1-2H3,(H,26,30). The van der Waals surface area contributed by atoms with Gasteiger partial charge in [0, 0.05) is 48.4 Å². The Morgan fingerprint density at radius 2 is 1.66 bits per heavy atom. The minimum absolute atomic E-state index is 0.286. The van der Waals surface area contributed by atoms with Gasteiger partial charge in [0.05, 0.1) is 5.52 Å². The average molecular weight is 479 g/mol. The van der Waals surface area contributed by atoms with Crippen molar-refractivity contribution in [1.29, 1.82) is 0 Å². The summed E-state index contributed by atoms with van der Waals surface area (Å²) in [6.45, 7) is 4.45. The molecule has 32 heavy (non-hydrogen) atoms. The Balaban J connectivity index is 1.73. The molecule has 1 unspecified atom stereocenters. The number of benzene rings is 1. The number of rotatable bonds is 1. The fourth-order valence-corrected chi connectivity index (χ4v) is 6.25. The van der Waals surface area contributed by atoms with Crippen molar-refractivity contribution in [2.75, 3.05) is 46.0 Å². The molecule has 1 amide bonds. The van der Waals surface area contributed by atoms with Crippen LogP contribution in [0.25, 0.3) is 10.9 Å². The second-order valence-electron chi connectivity index (χ2n) is 9.36. The van der Waals surface area contributed by atoms with Gasteiger partial charge in [0.2, 0.25) is 0 Å². The van der Waals surface area contributed by atoms with E-state index in [1.165, 1.54) is 37.7 Å². The van der Waals surface area contributed by atoms with Gasteiger partial charge in [-0.1, -0.05) is 36.9 Å². The number of nitrogens with one attached hydrogen (secondary N) is 1. The third-order valence-corrected chi connectivity index (χ3v) is 8.44. The quantitative estimate of drug-likeness (QED) is 0.673. The van der Waals surface area contributed by atoms with Crippen LogP contribution in [0.2, 0.25) is 5.15 Å². The van der Waals surface area contributed by atoms with E-state index in [1.54, 1.807) is 0 Å². The Morgan fingerprint density at radius 1 is 0.969 bits per heavy atom. The normalized spacial score (nSPS) is 23.6. The molecule has 1 aromatic heterocycles. The Kier molecular flexibility index (Phi) is 7.92. The maximum Gasteiger partial charge on any atom is 0.263 e. The van der Waals surface area contributed by atoms with Gasteiger partial charge in [-0.05, 0) is 58.0 Å². The average Bonchev–Trinajstić information content (AvgIpc) is 3.06. The zero-order valence-electron chi connectivity index (χ0n) is 19.2. The van der Waals surface area contributed by atoms with E-state index in [0.717, 1.165) is 55.2 Å². The molecule has 2 bridgehead atoms. The van der Waals surface area contributed by atoms with Crippen LogP contribution in [0.1, 0.15) is 60.4 Å². The minimum Gasteiger partial charge on any atom is -0.330 e. The van der Waals surface area contributed by atoms with Crippen molar-refractivity contribution in [1.82, 2.24) is 19.1 Å². The first kappa shape index (κ1) is 23.7. The van der Waals surface area contributed by atoms with E-state index in [-0.39, 0.29) is 5.91 Å².